The van der Waals surface area contributed by atoms with Gasteiger partial charge in [0.05, 0.1) is 14.2 Å². The van der Waals surface area contributed by atoms with Crippen LogP contribution in [0.15, 0.2) is 70.1 Å². The maximum atomic E-state index is 13.2. The van der Waals surface area contributed by atoms with Gasteiger partial charge in [0.25, 0.3) is 5.91 Å². The topological polar surface area (TPSA) is 86.0 Å². The lowest BCUT2D eigenvalue weighted by molar-refractivity contribution is 0.102. The van der Waals surface area contributed by atoms with E-state index in [9.17, 15) is 4.79 Å². The fourth-order valence-corrected chi connectivity index (χ4v) is 3.31. The van der Waals surface area contributed by atoms with E-state index >= 15 is 0 Å². The molecule has 32 heavy (non-hydrogen) atoms. The third kappa shape index (κ3) is 4.58. The van der Waals surface area contributed by atoms with Gasteiger partial charge in [-0.15, -0.1) is 0 Å². The van der Waals surface area contributed by atoms with Gasteiger partial charge in [0, 0.05) is 22.2 Å². The van der Waals surface area contributed by atoms with Crippen LogP contribution in [0.2, 0.25) is 5.02 Å². The van der Waals surface area contributed by atoms with E-state index in [1.807, 2.05) is 19.1 Å². The first-order chi connectivity index (χ1) is 15.5. The fourth-order valence-electron chi connectivity index (χ4n) is 3.13. The van der Waals surface area contributed by atoms with Crippen LogP contribution in [0.4, 0.5) is 11.5 Å². The highest BCUT2D eigenvalue weighted by Gasteiger charge is 2.15. The number of nitrogens with zero attached hydrogens (tertiary/aromatic N) is 2. The zero-order valence-corrected chi connectivity index (χ0v) is 18.4. The summed E-state index contributed by atoms with van der Waals surface area (Å²) in [6.45, 7) is 1.85. The van der Waals surface area contributed by atoms with E-state index in [1.54, 1.807) is 55.6 Å². The van der Waals surface area contributed by atoms with E-state index in [0.29, 0.717) is 39.0 Å². The summed E-state index contributed by atoms with van der Waals surface area (Å²) in [4.78, 5) is 22.1. The molecule has 0 unspecified atom stereocenters. The SMILES string of the molecule is COc1ccc(N=c2oc3ccc(Cl)cc3cc2C(=O)Nc2cccc(C)n2)c(OC)c1. The van der Waals surface area contributed by atoms with Gasteiger partial charge in [0.2, 0.25) is 5.55 Å². The highest BCUT2D eigenvalue weighted by atomic mass is 35.5. The van der Waals surface area contributed by atoms with Crippen molar-refractivity contribution < 1.29 is 18.7 Å². The molecule has 2 aromatic carbocycles. The molecule has 4 aromatic rings. The van der Waals surface area contributed by atoms with E-state index in [1.165, 1.54) is 7.11 Å². The standard InChI is InChI=1S/C24H20ClN3O4/c1-14-5-4-6-22(26-14)28-23(29)18-12-15-11-16(25)7-10-20(15)32-24(18)27-19-9-8-17(30-2)13-21(19)31-3/h4-13H,1-3H3,(H,26,28,29). The summed E-state index contributed by atoms with van der Waals surface area (Å²) in [7, 11) is 3.10. The van der Waals surface area contributed by atoms with Crippen LogP contribution in [0.25, 0.3) is 11.0 Å². The average Bonchev–Trinajstić information content (AvgIpc) is 2.79. The molecule has 7 nitrogen and oxygen atoms in total. The Kier molecular flexibility index (Phi) is 6.09. The molecule has 1 amide bonds. The van der Waals surface area contributed by atoms with Gasteiger partial charge in [-0.1, -0.05) is 17.7 Å². The summed E-state index contributed by atoms with van der Waals surface area (Å²) in [6, 6.07) is 17.4. The van der Waals surface area contributed by atoms with Gasteiger partial charge < -0.3 is 19.2 Å². The Bertz CT molecular complexity index is 1380. The second kappa shape index (κ2) is 9.11. The van der Waals surface area contributed by atoms with Gasteiger partial charge in [0.15, 0.2) is 0 Å². The van der Waals surface area contributed by atoms with Crippen LogP contribution < -0.4 is 20.3 Å². The molecule has 0 atom stereocenters. The number of fused-ring (bicyclic) bond motifs is 1. The number of carbonyl (C=O) groups is 1. The first kappa shape index (κ1) is 21.4. The Hall–Kier alpha value is -3.84. The van der Waals surface area contributed by atoms with Gasteiger partial charge in [0.1, 0.15) is 34.2 Å². The Balaban J connectivity index is 1.88. The van der Waals surface area contributed by atoms with Crippen LogP contribution in [-0.2, 0) is 0 Å². The van der Waals surface area contributed by atoms with Crippen molar-refractivity contribution in [3.8, 4) is 11.5 Å². The Labute approximate surface area is 189 Å². The van der Waals surface area contributed by atoms with Crippen LogP contribution in [0.3, 0.4) is 0 Å². The Morgan fingerprint density at radius 2 is 1.91 bits per heavy atom. The number of benzene rings is 2. The number of hydrogen-bond donors (Lipinski definition) is 1. The predicted molar refractivity (Wildman–Crippen MR) is 123 cm³/mol. The quantitative estimate of drug-likeness (QED) is 0.447. The molecule has 4 rings (SSSR count). The summed E-state index contributed by atoms with van der Waals surface area (Å²) in [5.41, 5.74) is 2.14. The molecule has 2 heterocycles. The van der Waals surface area contributed by atoms with E-state index in [0.717, 1.165) is 5.69 Å². The minimum Gasteiger partial charge on any atom is -0.497 e. The monoisotopic (exact) mass is 449 g/mol. The number of methoxy groups -OCH3 is 2. The highest BCUT2D eigenvalue weighted by molar-refractivity contribution is 6.31. The summed E-state index contributed by atoms with van der Waals surface area (Å²) in [5.74, 6) is 1.10. The molecule has 0 aliphatic heterocycles. The maximum absolute atomic E-state index is 13.2. The number of anilines is 1. The largest absolute Gasteiger partial charge is 0.497 e. The van der Waals surface area contributed by atoms with Gasteiger partial charge in [-0.25, -0.2) is 9.98 Å². The molecule has 162 valence electrons. The lowest BCUT2D eigenvalue weighted by Crippen LogP contribution is -2.22. The second-order valence-corrected chi connectivity index (χ2v) is 7.35. The Morgan fingerprint density at radius 3 is 2.66 bits per heavy atom. The third-order valence-electron chi connectivity index (χ3n) is 4.69. The maximum Gasteiger partial charge on any atom is 0.262 e. The first-order valence-electron chi connectivity index (χ1n) is 9.72. The zero-order chi connectivity index (χ0) is 22.7. The number of amides is 1. The van der Waals surface area contributed by atoms with Crippen LogP contribution in [0, 0.1) is 6.92 Å². The Morgan fingerprint density at radius 1 is 1.06 bits per heavy atom. The molecule has 0 saturated carbocycles. The van der Waals surface area contributed by atoms with Gasteiger partial charge in [-0.2, -0.15) is 0 Å². The minimum atomic E-state index is -0.417. The highest BCUT2D eigenvalue weighted by Crippen LogP contribution is 2.31. The molecule has 0 radical (unpaired) electrons. The summed E-state index contributed by atoms with van der Waals surface area (Å²) >= 11 is 6.13. The lowest BCUT2D eigenvalue weighted by Gasteiger charge is -2.09. The number of halogens is 1. The number of pyridine rings is 1. The molecular formula is C24H20ClN3O4. The van der Waals surface area contributed by atoms with Crippen molar-refractivity contribution >= 4 is 40.0 Å². The van der Waals surface area contributed by atoms with E-state index < -0.39 is 5.91 Å². The number of aryl methyl sites for hydroxylation is 1. The van der Waals surface area contributed by atoms with Crippen molar-refractivity contribution in [2.45, 2.75) is 6.92 Å². The summed E-state index contributed by atoms with van der Waals surface area (Å²) in [5, 5.41) is 3.99. The number of nitrogens with one attached hydrogen (secondary N) is 1. The lowest BCUT2D eigenvalue weighted by atomic mass is 10.1. The van der Waals surface area contributed by atoms with Crippen LogP contribution >= 0.6 is 11.6 Å². The predicted octanol–water partition coefficient (Wildman–Crippen LogP) is 5.29. The second-order valence-electron chi connectivity index (χ2n) is 6.92. The molecule has 8 heteroatoms. The van der Waals surface area contributed by atoms with Crippen LogP contribution in [-0.4, -0.2) is 25.1 Å². The molecule has 0 fully saturated rings. The smallest absolute Gasteiger partial charge is 0.262 e. The van der Waals surface area contributed by atoms with Crippen molar-refractivity contribution in [1.82, 2.24) is 4.98 Å². The fraction of sp³-hybridized carbons (Fsp3) is 0.125. The number of hydrogen-bond acceptors (Lipinski definition) is 6. The number of aromatic nitrogens is 1. The normalized spacial score (nSPS) is 11.4. The van der Waals surface area contributed by atoms with Crippen molar-refractivity contribution in [2.24, 2.45) is 4.99 Å². The molecular weight excluding hydrogens is 430 g/mol. The molecule has 0 saturated heterocycles. The van der Waals surface area contributed by atoms with Gasteiger partial charge >= 0.3 is 0 Å². The molecule has 0 spiro atoms. The van der Waals surface area contributed by atoms with Crippen molar-refractivity contribution in [1.29, 1.82) is 0 Å². The first-order valence-corrected chi connectivity index (χ1v) is 10.1. The third-order valence-corrected chi connectivity index (χ3v) is 4.93. The van der Waals surface area contributed by atoms with E-state index in [4.69, 9.17) is 25.5 Å². The van der Waals surface area contributed by atoms with Crippen LogP contribution in [0.1, 0.15) is 16.1 Å². The molecule has 1 N–H and O–H groups in total. The van der Waals surface area contributed by atoms with Crippen LogP contribution in [0.5, 0.6) is 11.5 Å². The molecule has 0 aliphatic carbocycles. The average molecular weight is 450 g/mol. The van der Waals surface area contributed by atoms with Crippen molar-refractivity contribution in [2.75, 3.05) is 19.5 Å². The van der Waals surface area contributed by atoms with Gasteiger partial charge in [-0.05, 0) is 55.5 Å². The van der Waals surface area contributed by atoms with E-state index in [-0.39, 0.29) is 11.1 Å². The number of ether oxygens (including phenoxy) is 2. The van der Waals surface area contributed by atoms with E-state index in [2.05, 4.69) is 15.3 Å². The van der Waals surface area contributed by atoms with Crippen molar-refractivity contribution in [3.63, 3.8) is 0 Å². The molecule has 0 bridgehead atoms. The number of rotatable bonds is 5. The summed E-state index contributed by atoms with van der Waals surface area (Å²) in [6.07, 6.45) is 0. The van der Waals surface area contributed by atoms with Crippen molar-refractivity contribution in [3.05, 3.63) is 82.5 Å². The number of carbonyl (C=O) groups excluding carboxylic acids is 1. The molecule has 2 aromatic heterocycles. The van der Waals surface area contributed by atoms with Gasteiger partial charge in [-0.3, -0.25) is 4.79 Å². The zero-order valence-electron chi connectivity index (χ0n) is 17.7. The molecule has 0 aliphatic rings. The summed E-state index contributed by atoms with van der Waals surface area (Å²) < 4.78 is 16.7. The minimum absolute atomic E-state index is 0.119.